The summed E-state index contributed by atoms with van der Waals surface area (Å²) in [6.45, 7) is 7.64. The quantitative estimate of drug-likeness (QED) is 0.500. The van der Waals surface area contributed by atoms with Crippen LogP contribution < -0.4 is 10.2 Å². The summed E-state index contributed by atoms with van der Waals surface area (Å²) in [5, 5.41) is 5.15. The third-order valence-electron chi connectivity index (χ3n) is 5.39. The molecule has 3 aromatic rings. The monoisotopic (exact) mass is 437 g/mol. The van der Waals surface area contributed by atoms with Gasteiger partial charge in [-0.25, -0.2) is 0 Å². The minimum atomic E-state index is -0.0615. The lowest BCUT2D eigenvalue weighted by Crippen LogP contribution is -2.46. The molecule has 0 spiro atoms. The molecule has 0 unspecified atom stereocenters. The highest BCUT2D eigenvalue weighted by molar-refractivity contribution is 7.98. The molecular weight excluding hydrogens is 410 g/mol. The minimum absolute atomic E-state index is 0.0615. The van der Waals surface area contributed by atoms with Crippen LogP contribution in [0.1, 0.15) is 22.2 Å². The molecule has 1 aromatic heterocycles. The van der Waals surface area contributed by atoms with E-state index in [0.29, 0.717) is 0 Å². The van der Waals surface area contributed by atoms with Gasteiger partial charge in [0, 0.05) is 53.1 Å². The second kappa shape index (κ2) is 10.2. The van der Waals surface area contributed by atoms with Gasteiger partial charge in [0.05, 0.1) is 5.56 Å². The maximum atomic E-state index is 12.9. The largest absolute Gasteiger partial charge is 0.369 e. The van der Waals surface area contributed by atoms with Gasteiger partial charge in [-0.1, -0.05) is 25.1 Å². The molecule has 1 N–H and O–H groups in total. The average Bonchev–Trinajstić information content (AvgIpc) is 3.32. The van der Waals surface area contributed by atoms with Crippen LogP contribution in [0.25, 0.3) is 0 Å². The Hall–Kier alpha value is -2.28. The van der Waals surface area contributed by atoms with E-state index in [1.165, 1.54) is 10.6 Å². The van der Waals surface area contributed by atoms with Crippen LogP contribution in [0.3, 0.4) is 0 Å². The van der Waals surface area contributed by atoms with Crippen molar-refractivity contribution in [1.29, 1.82) is 0 Å². The van der Waals surface area contributed by atoms with E-state index in [1.54, 1.807) is 23.1 Å². The van der Waals surface area contributed by atoms with Crippen LogP contribution in [0.2, 0.25) is 0 Å². The topological polar surface area (TPSA) is 35.6 Å². The number of rotatable bonds is 7. The maximum absolute atomic E-state index is 12.9. The molecule has 0 saturated carbocycles. The molecule has 0 atom stereocenters. The smallest absolute Gasteiger partial charge is 0.256 e. The summed E-state index contributed by atoms with van der Waals surface area (Å²) >= 11 is 3.45. The molecule has 0 aliphatic carbocycles. The first-order valence-electron chi connectivity index (χ1n) is 10.4. The lowest BCUT2D eigenvalue weighted by atomic mass is 10.2. The van der Waals surface area contributed by atoms with Gasteiger partial charge in [0.1, 0.15) is 0 Å². The zero-order valence-electron chi connectivity index (χ0n) is 17.2. The van der Waals surface area contributed by atoms with E-state index in [1.807, 2.05) is 36.4 Å². The predicted octanol–water partition coefficient (Wildman–Crippen LogP) is 5.43. The highest BCUT2D eigenvalue weighted by atomic mass is 32.2. The number of nitrogens with one attached hydrogen (secondary N) is 1. The van der Waals surface area contributed by atoms with Crippen molar-refractivity contribution in [3.8, 4) is 0 Å². The van der Waals surface area contributed by atoms with E-state index in [4.69, 9.17) is 0 Å². The Bertz CT molecular complexity index is 949. The van der Waals surface area contributed by atoms with E-state index in [2.05, 4.69) is 51.7 Å². The molecular formula is C24H27N3OS2. The molecule has 1 fully saturated rings. The normalized spacial score (nSPS) is 14.6. The fourth-order valence-electron chi connectivity index (χ4n) is 3.60. The number of thiophene rings is 1. The van der Waals surface area contributed by atoms with E-state index in [-0.39, 0.29) is 5.91 Å². The van der Waals surface area contributed by atoms with Crippen molar-refractivity contribution in [2.45, 2.75) is 17.6 Å². The number of hydrogen-bond acceptors (Lipinski definition) is 5. The van der Waals surface area contributed by atoms with E-state index in [9.17, 15) is 4.79 Å². The molecule has 1 amide bonds. The number of thioether (sulfide) groups is 1. The zero-order valence-corrected chi connectivity index (χ0v) is 18.8. The summed E-state index contributed by atoms with van der Waals surface area (Å²) in [5.74, 6) is 0.815. The first-order valence-corrected chi connectivity index (χ1v) is 12.2. The van der Waals surface area contributed by atoms with Crippen molar-refractivity contribution >= 4 is 40.4 Å². The van der Waals surface area contributed by atoms with Crippen molar-refractivity contribution in [1.82, 2.24) is 4.90 Å². The second-order valence-corrected chi connectivity index (χ2v) is 9.34. The molecule has 6 heteroatoms. The number of amides is 1. The second-order valence-electron chi connectivity index (χ2n) is 7.29. The Morgan fingerprint density at radius 2 is 1.77 bits per heavy atom. The summed E-state index contributed by atoms with van der Waals surface area (Å²) in [6.07, 6.45) is 0. The standard InChI is InChI=1S/C24H27N3OS2/c1-2-26-13-15-27(16-14-26)20-11-9-19(10-12-20)25-24(28)22-7-3-4-8-23(22)30-18-21-6-5-17-29-21/h3-12,17H,2,13-16,18H2,1H3,(H,25,28). The summed E-state index contributed by atoms with van der Waals surface area (Å²) < 4.78 is 0. The molecule has 1 aliphatic rings. The van der Waals surface area contributed by atoms with E-state index < -0.39 is 0 Å². The molecule has 1 aliphatic heterocycles. The molecule has 2 heterocycles. The molecule has 4 rings (SSSR count). The number of carbonyl (C=O) groups is 1. The van der Waals surface area contributed by atoms with Gasteiger partial charge in [0.2, 0.25) is 0 Å². The number of benzene rings is 2. The SMILES string of the molecule is CCN1CCN(c2ccc(NC(=O)c3ccccc3SCc3cccs3)cc2)CC1. The Labute approximate surface area is 186 Å². The first-order chi connectivity index (χ1) is 14.7. The Kier molecular flexibility index (Phi) is 7.10. The van der Waals surface area contributed by atoms with Crippen molar-refractivity contribution in [3.63, 3.8) is 0 Å². The van der Waals surface area contributed by atoms with Gasteiger partial charge in [0.15, 0.2) is 0 Å². The third kappa shape index (κ3) is 5.25. The Balaban J connectivity index is 1.38. The Morgan fingerprint density at radius 3 is 2.47 bits per heavy atom. The molecule has 156 valence electrons. The fraction of sp³-hybridized carbons (Fsp3) is 0.292. The lowest BCUT2D eigenvalue weighted by Gasteiger charge is -2.35. The minimum Gasteiger partial charge on any atom is -0.369 e. The van der Waals surface area contributed by atoms with Crippen LogP contribution in [0, 0.1) is 0 Å². The van der Waals surface area contributed by atoms with Crippen molar-refractivity contribution in [2.24, 2.45) is 0 Å². The van der Waals surface area contributed by atoms with Crippen molar-refractivity contribution in [2.75, 3.05) is 42.9 Å². The molecule has 30 heavy (non-hydrogen) atoms. The van der Waals surface area contributed by atoms with E-state index >= 15 is 0 Å². The summed E-state index contributed by atoms with van der Waals surface area (Å²) in [7, 11) is 0. The number of anilines is 2. The number of carbonyl (C=O) groups excluding carboxylic acids is 1. The number of likely N-dealkylation sites (N-methyl/N-ethyl adjacent to an activating group) is 1. The highest BCUT2D eigenvalue weighted by Gasteiger charge is 2.16. The fourth-order valence-corrected chi connectivity index (χ4v) is 5.42. The van der Waals surface area contributed by atoms with Crippen LogP contribution >= 0.6 is 23.1 Å². The number of piperazine rings is 1. The van der Waals surface area contributed by atoms with Gasteiger partial charge in [-0.3, -0.25) is 4.79 Å². The van der Waals surface area contributed by atoms with Crippen LogP contribution in [0.5, 0.6) is 0 Å². The molecule has 1 saturated heterocycles. The van der Waals surface area contributed by atoms with E-state index in [0.717, 1.165) is 54.6 Å². The maximum Gasteiger partial charge on any atom is 0.256 e. The van der Waals surface area contributed by atoms with Gasteiger partial charge in [-0.2, -0.15) is 0 Å². The number of hydrogen-bond donors (Lipinski definition) is 1. The summed E-state index contributed by atoms with van der Waals surface area (Å²) in [5.41, 5.74) is 2.77. The van der Waals surface area contributed by atoms with Crippen LogP contribution in [0.15, 0.2) is 70.9 Å². The first kappa shape index (κ1) is 21.0. The average molecular weight is 438 g/mol. The van der Waals surface area contributed by atoms with Gasteiger partial charge < -0.3 is 15.1 Å². The zero-order chi connectivity index (χ0) is 20.8. The summed E-state index contributed by atoms with van der Waals surface area (Å²) in [6, 6.07) is 20.2. The van der Waals surface area contributed by atoms with Gasteiger partial charge in [-0.15, -0.1) is 23.1 Å². The van der Waals surface area contributed by atoms with Gasteiger partial charge >= 0.3 is 0 Å². The molecule has 4 nitrogen and oxygen atoms in total. The summed E-state index contributed by atoms with van der Waals surface area (Å²) in [4.78, 5) is 20.1. The number of nitrogens with zero attached hydrogens (tertiary/aromatic N) is 2. The van der Waals surface area contributed by atoms with Crippen LogP contribution in [-0.2, 0) is 5.75 Å². The van der Waals surface area contributed by atoms with Crippen molar-refractivity contribution in [3.05, 3.63) is 76.5 Å². The van der Waals surface area contributed by atoms with Crippen LogP contribution in [-0.4, -0.2) is 43.5 Å². The van der Waals surface area contributed by atoms with Gasteiger partial charge in [0.25, 0.3) is 5.91 Å². The molecule has 2 aromatic carbocycles. The molecule has 0 radical (unpaired) electrons. The molecule has 0 bridgehead atoms. The van der Waals surface area contributed by atoms with Gasteiger partial charge in [-0.05, 0) is 54.4 Å². The highest BCUT2D eigenvalue weighted by Crippen LogP contribution is 2.28. The Morgan fingerprint density at radius 1 is 1.00 bits per heavy atom. The predicted molar refractivity (Wildman–Crippen MR) is 129 cm³/mol. The third-order valence-corrected chi connectivity index (χ3v) is 7.57. The lowest BCUT2D eigenvalue weighted by molar-refractivity contribution is 0.102. The van der Waals surface area contributed by atoms with Crippen molar-refractivity contribution < 1.29 is 4.79 Å². The van der Waals surface area contributed by atoms with Crippen LogP contribution in [0.4, 0.5) is 11.4 Å².